The lowest BCUT2D eigenvalue weighted by Gasteiger charge is -2.20. The molecular weight excluding hydrogens is 322 g/mol. The molecule has 1 aromatic heterocycles. The Bertz CT molecular complexity index is 1080. The fourth-order valence-electron chi connectivity index (χ4n) is 3.17. The fourth-order valence-corrected chi connectivity index (χ4v) is 4.53. The minimum atomic E-state index is -3.82. The Hall–Kier alpha value is -2.66. The molecule has 0 atom stereocenters. The molecule has 0 saturated carbocycles. The van der Waals surface area contributed by atoms with E-state index in [1.165, 1.54) is 23.8 Å². The summed E-state index contributed by atoms with van der Waals surface area (Å²) in [6.07, 6.45) is 1.54. The summed E-state index contributed by atoms with van der Waals surface area (Å²) in [6.45, 7) is 0. The van der Waals surface area contributed by atoms with E-state index in [0.717, 1.165) is 23.2 Å². The average Bonchev–Trinajstić information content (AvgIpc) is 2.62. The van der Waals surface area contributed by atoms with Crippen LogP contribution in [0.5, 0.6) is 0 Å². The number of benzene rings is 2. The van der Waals surface area contributed by atoms with E-state index in [-0.39, 0.29) is 9.79 Å². The fraction of sp³-hybridized carbons (Fsp3) is 0.105. The molecule has 1 heterocycles. The molecule has 120 valence electrons. The molecule has 1 aliphatic rings. The molecule has 2 aromatic carbocycles. The van der Waals surface area contributed by atoms with Crippen LogP contribution in [0.15, 0.2) is 75.2 Å². The quantitative estimate of drug-likeness (QED) is 0.782. The maximum Gasteiger partial charge on any atom is 0.267 e. The molecule has 0 fully saturated rings. The number of sulfone groups is 1. The smallest absolute Gasteiger partial charge is 0.267 e. The second-order valence-corrected chi connectivity index (χ2v) is 7.75. The lowest BCUT2D eigenvalue weighted by molar-refractivity contribution is 0.594. The summed E-state index contributed by atoms with van der Waals surface area (Å²) in [5.74, 6) is 0. The molecule has 1 N–H and O–H groups in total. The highest BCUT2D eigenvalue weighted by Crippen LogP contribution is 2.32. The topological polar surface area (TPSA) is 67.0 Å². The number of hydrogen-bond donors (Lipinski definition) is 1. The average molecular weight is 337 g/mol. The first-order chi connectivity index (χ1) is 11.6. The summed E-state index contributed by atoms with van der Waals surface area (Å²) in [4.78, 5) is 15.2. The molecule has 0 saturated heterocycles. The highest BCUT2D eigenvalue weighted by molar-refractivity contribution is 7.91. The Balaban J connectivity index is 1.92. The molecule has 0 spiro atoms. The van der Waals surface area contributed by atoms with E-state index >= 15 is 0 Å². The van der Waals surface area contributed by atoms with Crippen molar-refractivity contribution in [1.82, 2.24) is 4.98 Å². The number of aromatic amines is 1. The number of fused-ring (bicyclic) bond motifs is 3. The van der Waals surface area contributed by atoms with Gasteiger partial charge in [0.25, 0.3) is 5.56 Å². The van der Waals surface area contributed by atoms with E-state index in [1.807, 2.05) is 24.3 Å². The van der Waals surface area contributed by atoms with Crippen molar-refractivity contribution >= 4 is 9.84 Å². The highest BCUT2D eigenvalue weighted by Gasteiger charge is 2.25. The molecule has 3 aromatic rings. The minimum absolute atomic E-state index is 0.131. The standard InChI is InChI=1S/C19H15NO3S/c21-19-17(24(22,23)15-7-2-1-3-8-15)12-14-11-10-13-6-4-5-9-16(13)18(14)20-19/h1-9,12H,10-11H2,(H,20,21). The van der Waals surface area contributed by atoms with Gasteiger partial charge < -0.3 is 4.98 Å². The van der Waals surface area contributed by atoms with Gasteiger partial charge >= 0.3 is 0 Å². The van der Waals surface area contributed by atoms with Gasteiger partial charge in [0.1, 0.15) is 4.90 Å². The molecule has 4 rings (SSSR count). The largest absolute Gasteiger partial charge is 0.321 e. The van der Waals surface area contributed by atoms with Crippen molar-refractivity contribution in [2.24, 2.45) is 0 Å². The van der Waals surface area contributed by atoms with E-state index in [2.05, 4.69) is 4.98 Å². The maximum absolute atomic E-state index is 12.8. The van der Waals surface area contributed by atoms with Gasteiger partial charge in [-0.3, -0.25) is 4.79 Å². The van der Waals surface area contributed by atoms with Crippen molar-refractivity contribution in [3.8, 4) is 11.3 Å². The monoisotopic (exact) mass is 337 g/mol. The SMILES string of the molecule is O=c1[nH]c2c(cc1S(=O)(=O)c1ccccc1)CCc1ccccc1-2. The molecule has 1 aliphatic carbocycles. The van der Waals surface area contributed by atoms with Crippen LogP contribution in [-0.4, -0.2) is 13.4 Å². The van der Waals surface area contributed by atoms with Gasteiger partial charge in [-0.1, -0.05) is 42.5 Å². The molecule has 0 unspecified atom stereocenters. The van der Waals surface area contributed by atoms with E-state index in [4.69, 9.17) is 0 Å². The zero-order valence-electron chi connectivity index (χ0n) is 12.8. The molecule has 4 nitrogen and oxygen atoms in total. The van der Waals surface area contributed by atoms with Crippen molar-refractivity contribution in [3.05, 3.63) is 82.1 Å². The predicted molar refractivity (Wildman–Crippen MR) is 91.8 cm³/mol. The Morgan fingerprint density at radius 2 is 1.50 bits per heavy atom. The third-order valence-corrected chi connectivity index (χ3v) is 6.16. The number of aromatic nitrogens is 1. The van der Waals surface area contributed by atoms with Gasteiger partial charge in [0.2, 0.25) is 9.84 Å². The van der Waals surface area contributed by atoms with Gasteiger partial charge in [0.05, 0.1) is 10.6 Å². The molecular formula is C19H15NO3S. The number of nitrogens with one attached hydrogen (secondary N) is 1. The number of rotatable bonds is 2. The number of H-pyrrole nitrogens is 1. The number of hydrogen-bond acceptors (Lipinski definition) is 3. The van der Waals surface area contributed by atoms with Gasteiger partial charge in [-0.05, 0) is 42.2 Å². The molecule has 0 amide bonds. The van der Waals surface area contributed by atoms with Crippen LogP contribution < -0.4 is 5.56 Å². The van der Waals surface area contributed by atoms with E-state index in [9.17, 15) is 13.2 Å². The Morgan fingerprint density at radius 1 is 0.833 bits per heavy atom. The molecule has 5 heteroatoms. The zero-order chi connectivity index (χ0) is 16.7. The lowest BCUT2D eigenvalue weighted by Crippen LogP contribution is -2.21. The van der Waals surface area contributed by atoms with Gasteiger partial charge in [-0.2, -0.15) is 0 Å². The molecule has 24 heavy (non-hydrogen) atoms. The summed E-state index contributed by atoms with van der Waals surface area (Å²) in [7, 11) is -3.82. The first-order valence-electron chi connectivity index (χ1n) is 7.72. The molecule has 0 aliphatic heterocycles. The second kappa shape index (κ2) is 5.46. The molecule has 0 radical (unpaired) electrons. The van der Waals surface area contributed by atoms with E-state index < -0.39 is 15.4 Å². The lowest BCUT2D eigenvalue weighted by atomic mass is 9.89. The third kappa shape index (κ3) is 2.29. The highest BCUT2D eigenvalue weighted by atomic mass is 32.2. The van der Waals surface area contributed by atoms with Crippen molar-refractivity contribution < 1.29 is 8.42 Å². The third-order valence-electron chi connectivity index (χ3n) is 4.38. The van der Waals surface area contributed by atoms with Gasteiger partial charge in [-0.15, -0.1) is 0 Å². The van der Waals surface area contributed by atoms with Gasteiger partial charge in [0.15, 0.2) is 0 Å². The Morgan fingerprint density at radius 3 is 2.29 bits per heavy atom. The maximum atomic E-state index is 12.8. The summed E-state index contributed by atoms with van der Waals surface area (Å²) in [5, 5.41) is 0. The van der Waals surface area contributed by atoms with E-state index in [1.54, 1.807) is 18.2 Å². The predicted octanol–water partition coefficient (Wildman–Crippen LogP) is 2.97. The zero-order valence-corrected chi connectivity index (χ0v) is 13.6. The Labute approximate surface area is 139 Å². The summed E-state index contributed by atoms with van der Waals surface area (Å²) >= 11 is 0. The van der Waals surface area contributed by atoms with E-state index in [0.29, 0.717) is 6.42 Å². The van der Waals surface area contributed by atoms with Gasteiger partial charge in [0, 0.05) is 5.56 Å². The van der Waals surface area contributed by atoms with Crippen LogP contribution in [0.2, 0.25) is 0 Å². The van der Waals surface area contributed by atoms with Crippen molar-refractivity contribution in [2.45, 2.75) is 22.6 Å². The number of aryl methyl sites for hydroxylation is 2. The van der Waals surface area contributed by atoms with Crippen LogP contribution in [0.1, 0.15) is 11.1 Å². The van der Waals surface area contributed by atoms with Crippen LogP contribution in [-0.2, 0) is 22.7 Å². The van der Waals surface area contributed by atoms with Crippen molar-refractivity contribution in [3.63, 3.8) is 0 Å². The summed E-state index contributed by atoms with van der Waals surface area (Å²) < 4.78 is 25.5. The summed E-state index contributed by atoms with van der Waals surface area (Å²) in [5.41, 5.74) is 3.16. The van der Waals surface area contributed by atoms with Crippen LogP contribution >= 0.6 is 0 Å². The number of pyridine rings is 1. The summed E-state index contributed by atoms with van der Waals surface area (Å²) in [6, 6.07) is 17.5. The van der Waals surface area contributed by atoms with Crippen LogP contribution in [0.4, 0.5) is 0 Å². The van der Waals surface area contributed by atoms with Crippen LogP contribution in [0.25, 0.3) is 11.3 Å². The Kier molecular flexibility index (Phi) is 3.39. The second-order valence-electron chi connectivity index (χ2n) is 5.84. The van der Waals surface area contributed by atoms with Crippen molar-refractivity contribution in [1.29, 1.82) is 0 Å². The van der Waals surface area contributed by atoms with Crippen LogP contribution in [0, 0.1) is 0 Å². The normalized spacial score (nSPS) is 13.2. The minimum Gasteiger partial charge on any atom is -0.321 e. The van der Waals surface area contributed by atoms with Crippen LogP contribution in [0.3, 0.4) is 0 Å². The molecule has 0 bridgehead atoms. The van der Waals surface area contributed by atoms with Gasteiger partial charge in [-0.25, -0.2) is 8.42 Å². The van der Waals surface area contributed by atoms with Crippen molar-refractivity contribution in [2.75, 3.05) is 0 Å². The first-order valence-corrected chi connectivity index (χ1v) is 9.20. The first kappa shape index (κ1) is 14.9.